The van der Waals surface area contributed by atoms with Gasteiger partial charge in [0.05, 0.1) is 19.2 Å². The molecule has 1 aliphatic rings. The molecular formula is C30H37FN4O5. The average Bonchev–Trinajstić information content (AvgIpc) is 2.93. The Morgan fingerprint density at radius 1 is 1.10 bits per heavy atom. The number of piperidine rings is 1. The fourth-order valence-electron chi connectivity index (χ4n) is 4.65. The van der Waals surface area contributed by atoms with Crippen LogP contribution >= 0.6 is 0 Å². The number of pyridine rings is 1. The summed E-state index contributed by atoms with van der Waals surface area (Å²) in [6.45, 7) is 6.92. The number of rotatable bonds is 10. The lowest BCUT2D eigenvalue weighted by Crippen LogP contribution is -2.41. The number of aromatic nitrogens is 1. The van der Waals surface area contributed by atoms with Gasteiger partial charge in [-0.05, 0) is 75.5 Å². The normalized spacial score (nSPS) is 14.3. The summed E-state index contributed by atoms with van der Waals surface area (Å²) in [6.07, 6.45) is 4.36. The third-order valence-corrected chi connectivity index (χ3v) is 7.13. The van der Waals surface area contributed by atoms with Crippen LogP contribution in [0.15, 0.2) is 42.6 Å². The van der Waals surface area contributed by atoms with E-state index >= 15 is 4.39 Å². The van der Waals surface area contributed by atoms with Gasteiger partial charge >= 0.3 is 11.8 Å². The lowest BCUT2D eigenvalue weighted by molar-refractivity contribution is -0.135. The summed E-state index contributed by atoms with van der Waals surface area (Å²) in [6, 6.07) is 9.32. The van der Waals surface area contributed by atoms with Crippen LogP contribution in [0.4, 0.5) is 10.1 Å². The lowest BCUT2D eigenvalue weighted by atomic mass is 9.98. The first-order chi connectivity index (χ1) is 19.2. The molecule has 2 aromatic carbocycles. The van der Waals surface area contributed by atoms with E-state index in [0.29, 0.717) is 47.1 Å². The molecule has 0 bridgehead atoms. The van der Waals surface area contributed by atoms with Crippen LogP contribution in [0.5, 0.6) is 23.0 Å². The van der Waals surface area contributed by atoms with Crippen LogP contribution in [0.2, 0.25) is 0 Å². The highest BCUT2D eigenvalue weighted by Crippen LogP contribution is 2.38. The number of hydrogen-bond acceptors (Lipinski definition) is 7. The molecule has 10 heteroatoms. The molecular weight excluding hydrogens is 515 g/mol. The van der Waals surface area contributed by atoms with E-state index in [2.05, 4.69) is 16.9 Å². The van der Waals surface area contributed by atoms with E-state index in [9.17, 15) is 9.59 Å². The summed E-state index contributed by atoms with van der Waals surface area (Å²) in [5.41, 5.74) is 6.06. The van der Waals surface area contributed by atoms with E-state index in [4.69, 9.17) is 19.9 Å². The molecule has 2 heterocycles. The van der Waals surface area contributed by atoms with Gasteiger partial charge in [-0.2, -0.15) is 0 Å². The van der Waals surface area contributed by atoms with Crippen molar-refractivity contribution in [2.24, 2.45) is 17.6 Å². The second-order valence-corrected chi connectivity index (χ2v) is 10.6. The number of carbonyl (C=O) groups excluding carboxylic acids is 2. The molecule has 9 nitrogen and oxygen atoms in total. The molecule has 0 atom stereocenters. The van der Waals surface area contributed by atoms with E-state index in [0.717, 1.165) is 32.0 Å². The van der Waals surface area contributed by atoms with E-state index < -0.39 is 17.6 Å². The third-order valence-electron chi connectivity index (χ3n) is 7.13. The minimum absolute atomic E-state index is 0.0480. The van der Waals surface area contributed by atoms with Crippen LogP contribution in [0.1, 0.15) is 33.1 Å². The molecule has 0 aliphatic carbocycles. The molecule has 3 aromatic rings. The second kappa shape index (κ2) is 13.0. The van der Waals surface area contributed by atoms with Crippen molar-refractivity contribution < 1.29 is 28.2 Å². The number of amides is 2. The molecule has 1 fully saturated rings. The van der Waals surface area contributed by atoms with Crippen LogP contribution in [0.3, 0.4) is 0 Å². The van der Waals surface area contributed by atoms with E-state index in [1.165, 1.54) is 17.0 Å². The predicted molar refractivity (Wildman–Crippen MR) is 151 cm³/mol. The number of fused-ring (bicyclic) bond motifs is 1. The molecule has 0 unspecified atom stereocenters. The molecule has 0 spiro atoms. The van der Waals surface area contributed by atoms with Crippen molar-refractivity contribution in [3.05, 3.63) is 48.4 Å². The Bertz CT molecular complexity index is 1360. The highest BCUT2D eigenvalue weighted by Gasteiger charge is 2.23. The summed E-state index contributed by atoms with van der Waals surface area (Å²) < 4.78 is 32.9. The largest absolute Gasteiger partial charge is 0.493 e. The fraction of sp³-hybridized carbons (Fsp3) is 0.433. The summed E-state index contributed by atoms with van der Waals surface area (Å²) >= 11 is 0. The summed E-state index contributed by atoms with van der Waals surface area (Å²) in [4.78, 5) is 31.9. The Morgan fingerprint density at radius 2 is 1.85 bits per heavy atom. The first kappa shape index (κ1) is 29.1. The third kappa shape index (κ3) is 6.98. The molecule has 214 valence electrons. The quantitative estimate of drug-likeness (QED) is 0.362. The number of primary amides is 1. The standard InChI is InChI=1S/C30H37FN4O5/c1-19(2)8-14-35(30(37)29(32)36)21-5-6-26(23(31)15-21)40-25-7-11-33-24-17-28(27(38-4)16-22(24)25)39-18-20-9-12-34(3)13-10-20/h5-7,11,15-17,19-20H,8-10,12-14,18H2,1-4H3,(H2,32,36). The number of hydrogen-bond donors (Lipinski definition) is 1. The summed E-state index contributed by atoms with van der Waals surface area (Å²) in [5, 5.41) is 0.622. The van der Waals surface area contributed by atoms with Crippen molar-refractivity contribution in [2.45, 2.75) is 33.1 Å². The van der Waals surface area contributed by atoms with Crippen molar-refractivity contribution in [1.29, 1.82) is 0 Å². The van der Waals surface area contributed by atoms with Gasteiger partial charge in [-0.15, -0.1) is 0 Å². The van der Waals surface area contributed by atoms with Gasteiger partial charge in [0, 0.05) is 35.9 Å². The molecule has 2 amide bonds. The number of nitrogens with zero attached hydrogens (tertiary/aromatic N) is 3. The van der Waals surface area contributed by atoms with Gasteiger partial charge in [-0.3, -0.25) is 14.6 Å². The zero-order valence-corrected chi connectivity index (χ0v) is 23.5. The summed E-state index contributed by atoms with van der Waals surface area (Å²) in [5.74, 6) is -0.493. The number of ether oxygens (including phenoxy) is 3. The van der Waals surface area contributed by atoms with Gasteiger partial charge in [0.25, 0.3) is 0 Å². The average molecular weight is 553 g/mol. The first-order valence-corrected chi connectivity index (χ1v) is 13.5. The minimum atomic E-state index is -1.10. The highest BCUT2D eigenvalue weighted by molar-refractivity contribution is 6.39. The molecule has 1 saturated heterocycles. The number of carbonyl (C=O) groups is 2. The minimum Gasteiger partial charge on any atom is -0.493 e. The first-order valence-electron chi connectivity index (χ1n) is 13.5. The van der Waals surface area contributed by atoms with Gasteiger partial charge in [0.15, 0.2) is 23.1 Å². The molecule has 40 heavy (non-hydrogen) atoms. The van der Waals surface area contributed by atoms with E-state index in [-0.39, 0.29) is 23.9 Å². The van der Waals surface area contributed by atoms with Crippen LogP contribution in [-0.4, -0.2) is 62.1 Å². The van der Waals surface area contributed by atoms with Crippen LogP contribution in [-0.2, 0) is 9.59 Å². The van der Waals surface area contributed by atoms with Crippen molar-refractivity contribution >= 4 is 28.4 Å². The number of nitrogens with two attached hydrogens (primary N) is 1. The van der Waals surface area contributed by atoms with Gasteiger partial charge in [0.1, 0.15) is 5.75 Å². The molecule has 2 N–H and O–H groups in total. The summed E-state index contributed by atoms with van der Waals surface area (Å²) in [7, 11) is 3.69. The maximum absolute atomic E-state index is 15.2. The Balaban J connectivity index is 1.56. The predicted octanol–water partition coefficient (Wildman–Crippen LogP) is 4.76. The Kier molecular flexibility index (Phi) is 9.42. The topological polar surface area (TPSA) is 107 Å². The van der Waals surface area contributed by atoms with Crippen molar-refractivity contribution in [3.8, 4) is 23.0 Å². The van der Waals surface area contributed by atoms with Gasteiger partial charge < -0.3 is 29.7 Å². The molecule has 0 radical (unpaired) electrons. The molecule has 1 aliphatic heterocycles. The number of anilines is 1. The molecule has 1 aromatic heterocycles. The maximum atomic E-state index is 15.2. The Hall–Kier alpha value is -3.92. The number of methoxy groups -OCH3 is 1. The lowest BCUT2D eigenvalue weighted by Gasteiger charge is -2.28. The van der Waals surface area contributed by atoms with Crippen LogP contribution in [0, 0.1) is 17.7 Å². The van der Waals surface area contributed by atoms with Gasteiger partial charge in [-0.1, -0.05) is 13.8 Å². The monoisotopic (exact) mass is 552 g/mol. The van der Waals surface area contributed by atoms with E-state index in [1.54, 1.807) is 31.5 Å². The smallest absolute Gasteiger partial charge is 0.316 e. The van der Waals surface area contributed by atoms with Crippen LogP contribution < -0.4 is 24.8 Å². The van der Waals surface area contributed by atoms with Gasteiger partial charge in [0.2, 0.25) is 0 Å². The Labute approximate surface area is 234 Å². The molecule has 4 rings (SSSR count). The fourth-order valence-corrected chi connectivity index (χ4v) is 4.65. The Morgan fingerprint density at radius 3 is 2.50 bits per heavy atom. The maximum Gasteiger partial charge on any atom is 0.316 e. The van der Waals surface area contributed by atoms with Crippen LogP contribution in [0.25, 0.3) is 10.9 Å². The van der Waals surface area contributed by atoms with Gasteiger partial charge in [-0.25, -0.2) is 4.39 Å². The number of likely N-dealkylation sites (tertiary alicyclic amines) is 1. The SMILES string of the molecule is COc1cc2c(Oc3ccc(N(CCC(C)C)C(=O)C(N)=O)cc3F)ccnc2cc1OCC1CCN(C)CC1. The van der Waals surface area contributed by atoms with Crippen molar-refractivity contribution in [2.75, 3.05) is 45.3 Å². The zero-order chi connectivity index (χ0) is 28.8. The number of halogens is 1. The second-order valence-electron chi connectivity index (χ2n) is 10.6. The highest BCUT2D eigenvalue weighted by atomic mass is 19.1. The number of benzene rings is 2. The zero-order valence-electron chi connectivity index (χ0n) is 23.5. The molecule has 0 saturated carbocycles. The van der Waals surface area contributed by atoms with Crippen molar-refractivity contribution in [3.63, 3.8) is 0 Å². The van der Waals surface area contributed by atoms with E-state index in [1.807, 2.05) is 13.8 Å². The van der Waals surface area contributed by atoms with Crippen molar-refractivity contribution in [1.82, 2.24) is 9.88 Å².